The molecule has 1 aromatic carbocycles. The van der Waals surface area contributed by atoms with E-state index in [1.807, 2.05) is 12.1 Å². The number of benzene rings is 1. The van der Waals surface area contributed by atoms with Gasteiger partial charge in [-0.2, -0.15) is 0 Å². The predicted molar refractivity (Wildman–Crippen MR) is 88.3 cm³/mol. The average molecular weight is 284 g/mol. The van der Waals surface area contributed by atoms with Gasteiger partial charge in [0.15, 0.2) is 0 Å². The van der Waals surface area contributed by atoms with Crippen LogP contribution < -0.4 is 10.6 Å². The molecule has 0 spiro atoms. The fourth-order valence-corrected chi connectivity index (χ4v) is 2.19. The van der Waals surface area contributed by atoms with Crippen molar-refractivity contribution < 1.29 is 0 Å². The first-order chi connectivity index (χ1) is 9.97. The molecule has 0 radical (unpaired) electrons. The third kappa shape index (κ3) is 3.94. The Labute approximate surface area is 127 Å². The standard InChI is InChI=1S/C17H24N4/c1-12(2)17-19-15(18)10-16(20-17)21(13(3)4)11-14-8-6-5-7-9-14/h5-10,12-13H,11H2,1-4H3,(H2,18,19,20). The normalized spacial score (nSPS) is 11.1. The van der Waals surface area contributed by atoms with Crippen molar-refractivity contribution in [3.05, 3.63) is 47.8 Å². The zero-order chi connectivity index (χ0) is 15.4. The summed E-state index contributed by atoms with van der Waals surface area (Å²) in [6.07, 6.45) is 0. The number of nitrogens with zero attached hydrogens (tertiary/aromatic N) is 3. The molecule has 0 amide bonds. The lowest BCUT2D eigenvalue weighted by Gasteiger charge is -2.28. The first kappa shape index (κ1) is 15.3. The van der Waals surface area contributed by atoms with Crippen LogP contribution in [0.5, 0.6) is 0 Å². The zero-order valence-electron chi connectivity index (χ0n) is 13.2. The average Bonchev–Trinajstić information content (AvgIpc) is 2.44. The fraction of sp³-hybridized carbons (Fsp3) is 0.412. The topological polar surface area (TPSA) is 55.0 Å². The molecule has 0 saturated carbocycles. The smallest absolute Gasteiger partial charge is 0.135 e. The summed E-state index contributed by atoms with van der Waals surface area (Å²) in [4.78, 5) is 11.3. The molecule has 4 nitrogen and oxygen atoms in total. The van der Waals surface area contributed by atoms with Gasteiger partial charge in [0.25, 0.3) is 0 Å². The molecule has 1 aromatic heterocycles. The minimum atomic E-state index is 0.262. The lowest BCUT2D eigenvalue weighted by Crippen LogP contribution is -2.31. The summed E-state index contributed by atoms with van der Waals surface area (Å²) in [5.74, 6) is 2.48. The van der Waals surface area contributed by atoms with E-state index < -0.39 is 0 Å². The van der Waals surface area contributed by atoms with E-state index in [9.17, 15) is 0 Å². The van der Waals surface area contributed by atoms with Gasteiger partial charge in [0, 0.05) is 24.6 Å². The van der Waals surface area contributed by atoms with Gasteiger partial charge in [0.2, 0.25) is 0 Å². The number of hydrogen-bond donors (Lipinski definition) is 1. The van der Waals surface area contributed by atoms with E-state index in [0.29, 0.717) is 11.9 Å². The highest BCUT2D eigenvalue weighted by Crippen LogP contribution is 2.22. The molecule has 4 heteroatoms. The van der Waals surface area contributed by atoms with Crippen LogP contribution in [0, 0.1) is 0 Å². The van der Waals surface area contributed by atoms with Crippen LogP contribution in [0.4, 0.5) is 11.6 Å². The van der Waals surface area contributed by atoms with E-state index in [-0.39, 0.29) is 5.92 Å². The summed E-state index contributed by atoms with van der Waals surface area (Å²) in [6.45, 7) is 9.30. The highest BCUT2D eigenvalue weighted by Gasteiger charge is 2.15. The fourth-order valence-electron chi connectivity index (χ4n) is 2.19. The second kappa shape index (κ2) is 6.57. The second-order valence-corrected chi connectivity index (χ2v) is 5.87. The van der Waals surface area contributed by atoms with Crippen LogP contribution >= 0.6 is 0 Å². The van der Waals surface area contributed by atoms with Crippen molar-refractivity contribution in [3.63, 3.8) is 0 Å². The number of aromatic nitrogens is 2. The summed E-state index contributed by atoms with van der Waals surface area (Å²) in [5, 5.41) is 0. The molecule has 2 rings (SSSR count). The first-order valence-corrected chi connectivity index (χ1v) is 7.42. The van der Waals surface area contributed by atoms with Crippen molar-refractivity contribution in [1.29, 1.82) is 0 Å². The molecule has 2 N–H and O–H groups in total. The van der Waals surface area contributed by atoms with Gasteiger partial charge in [0.1, 0.15) is 17.5 Å². The Bertz CT molecular complexity index is 579. The SMILES string of the molecule is CC(C)c1nc(N)cc(N(Cc2ccccc2)C(C)C)n1. The van der Waals surface area contributed by atoms with Crippen LogP contribution in [-0.4, -0.2) is 16.0 Å². The van der Waals surface area contributed by atoms with Crippen molar-refractivity contribution in [2.75, 3.05) is 10.6 Å². The van der Waals surface area contributed by atoms with Gasteiger partial charge in [-0.3, -0.25) is 0 Å². The molecular weight excluding hydrogens is 260 g/mol. The van der Waals surface area contributed by atoms with Crippen molar-refractivity contribution in [3.8, 4) is 0 Å². The molecule has 0 bridgehead atoms. The molecular formula is C17H24N4. The molecule has 0 atom stereocenters. The molecule has 21 heavy (non-hydrogen) atoms. The summed E-state index contributed by atoms with van der Waals surface area (Å²) in [7, 11) is 0. The minimum Gasteiger partial charge on any atom is -0.384 e. The molecule has 0 aliphatic carbocycles. The second-order valence-electron chi connectivity index (χ2n) is 5.87. The molecule has 0 saturated heterocycles. The maximum Gasteiger partial charge on any atom is 0.135 e. The number of anilines is 2. The van der Waals surface area contributed by atoms with Gasteiger partial charge in [-0.05, 0) is 19.4 Å². The van der Waals surface area contributed by atoms with Crippen LogP contribution in [0.25, 0.3) is 0 Å². The minimum absolute atomic E-state index is 0.262. The van der Waals surface area contributed by atoms with Gasteiger partial charge in [0.05, 0.1) is 0 Å². The lowest BCUT2D eigenvalue weighted by molar-refractivity contribution is 0.662. The molecule has 112 valence electrons. The van der Waals surface area contributed by atoms with Crippen molar-refractivity contribution in [2.45, 2.75) is 46.2 Å². The quantitative estimate of drug-likeness (QED) is 0.911. The van der Waals surface area contributed by atoms with Crippen LogP contribution in [0.15, 0.2) is 36.4 Å². The Morgan fingerprint density at radius 3 is 2.29 bits per heavy atom. The van der Waals surface area contributed by atoms with Gasteiger partial charge < -0.3 is 10.6 Å². The number of nitrogen functional groups attached to an aromatic ring is 1. The van der Waals surface area contributed by atoms with E-state index in [1.165, 1.54) is 5.56 Å². The molecule has 0 aliphatic heterocycles. The maximum atomic E-state index is 5.95. The summed E-state index contributed by atoms with van der Waals surface area (Å²) in [6, 6.07) is 12.6. The monoisotopic (exact) mass is 284 g/mol. The summed E-state index contributed by atoms with van der Waals surface area (Å²) < 4.78 is 0. The lowest BCUT2D eigenvalue weighted by atomic mass is 10.2. The zero-order valence-corrected chi connectivity index (χ0v) is 13.2. The third-order valence-corrected chi connectivity index (χ3v) is 3.38. The van der Waals surface area contributed by atoms with Crippen molar-refractivity contribution in [2.24, 2.45) is 0 Å². The number of rotatable bonds is 5. The highest BCUT2D eigenvalue weighted by molar-refractivity contribution is 5.48. The van der Waals surface area contributed by atoms with E-state index in [1.54, 1.807) is 0 Å². The Balaban J connectivity index is 2.34. The van der Waals surface area contributed by atoms with E-state index in [4.69, 9.17) is 5.73 Å². The van der Waals surface area contributed by atoms with E-state index in [2.05, 4.69) is 66.8 Å². The summed E-state index contributed by atoms with van der Waals surface area (Å²) in [5.41, 5.74) is 7.21. The Kier molecular flexibility index (Phi) is 4.78. The molecule has 0 unspecified atom stereocenters. The Morgan fingerprint density at radius 2 is 1.71 bits per heavy atom. The van der Waals surface area contributed by atoms with Gasteiger partial charge >= 0.3 is 0 Å². The highest BCUT2D eigenvalue weighted by atomic mass is 15.2. The Morgan fingerprint density at radius 1 is 1.05 bits per heavy atom. The van der Waals surface area contributed by atoms with Gasteiger partial charge in [-0.15, -0.1) is 0 Å². The van der Waals surface area contributed by atoms with Crippen LogP contribution in [-0.2, 0) is 6.54 Å². The third-order valence-electron chi connectivity index (χ3n) is 3.38. The number of nitrogens with two attached hydrogens (primary N) is 1. The maximum absolute atomic E-state index is 5.95. The van der Waals surface area contributed by atoms with E-state index in [0.717, 1.165) is 18.2 Å². The molecule has 0 aliphatic rings. The van der Waals surface area contributed by atoms with Crippen LogP contribution in [0.1, 0.15) is 45.0 Å². The van der Waals surface area contributed by atoms with Gasteiger partial charge in [-0.25, -0.2) is 9.97 Å². The number of hydrogen-bond acceptors (Lipinski definition) is 4. The molecule has 0 fully saturated rings. The van der Waals surface area contributed by atoms with Crippen LogP contribution in [0.2, 0.25) is 0 Å². The van der Waals surface area contributed by atoms with Gasteiger partial charge in [-0.1, -0.05) is 44.2 Å². The molecule has 2 aromatic rings. The van der Waals surface area contributed by atoms with E-state index >= 15 is 0 Å². The van der Waals surface area contributed by atoms with Crippen molar-refractivity contribution >= 4 is 11.6 Å². The summed E-state index contributed by atoms with van der Waals surface area (Å²) >= 11 is 0. The van der Waals surface area contributed by atoms with Crippen molar-refractivity contribution in [1.82, 2.24) is 9.97 Å². The first-order valence-electron chi connectivity index (χ1n) is 7.42. The van der Waals surface area contributed by atoms with Crippen LogP contribution in [0.3, 0.4) is 0 Å². The Hall–Kier alpha value is -2.10. The largest absolute Gasteiger partial charge is 0.384 e. The predicted octanol–water partition coefficient (Wildman–Crippen LogP) is 3.60. The molecule has 1 heterocycles.